The number of hydrogen-bond acceptors (Lipinski definition) is 5. The van der Waals surface area contributed by atoms with Crippen LogP contribution in [0.15, 0.2) is 53.7 Å². The number of nitrogens with zero attached hydrogens (tertiary/aromatic N) is 3. The molecule has 0 atom stereocenters. The molecule has 0 saturated heterocycles. The number of halogens is 3. The summed E-state index contributed by atoms with van der Waals surface area (Å²) in [6.07, 6.45) is -4.55. The van der Waals surface area contributed by atoms with Crippen LogP contribution in [0.1, 0.15) is 19.4 Å². The van der Waals surface area contributed by atoms with Gasteiger partial charge in [-0.1, -0.05) is 23.9 Å². The van der Waals surface area contributed by atoms with Gasteiger partial charge in [0.15, 0.2) is 11.0 Å². The molecule has 0 spiro atoms. The molecule has 6 nitrogen and oxygen atoms in total. The number of hydrogen-bond donors (Lipinski definition) is 1. The van der Waals surface area contributed by atoms with Gasteiger partial charge in [0.1, 0.15) is 5.75 Å². The fraction of sp³-hybridized carbons (Fsp3) is 0.286. The third kappa shape index (κ3) is 5.57. The lowest BCUT2D eigenvalue weighted by Gasteiger charge is -2.13. The Morgan fingerprint density at radius 1 is 1.10 bits per heavy atom. The Morgan fingerprint density at radius 3 is 2.45 bits per heavy atom. The lowest BCUT2D eigenvalue weighted by atomic mass is 10.1. The van der Waals surface area contributed by atoms with E-state index >= 15 is 0 Å². The minimum atomic E-state index is -4.55. The standard InChI is InChI=1S/C21H21F3N4O2S/c1-3-28-19(14-9-11-15(12-10-14)30-4-2)26-27-20(28)31-13-18(29)25-17-8-6-5-7-16(17)21(22,23)24/h5-12H,3-4,13H2,1-2H3,(H,25,29). The zero-order valence-electron chi connectivity index (χ0n) is 16.9. The van der Waals surface area contributed by atoms with E-state index in [1.165, 1.54) is 18.2 Å². The number of anilines is 1. The summed E-state index contributed by atoms with van der Waals surface area (Å²) in [6, 6.07) is 12.3. The van der Waals surface area contributed by atoms with E-state index in [-0.39, 0.29) is 11.4 Å². The number of aromatic nitrogens is 3. The summed E-state index contributed by atoms with van der Waals surface area (Å²) < 4.78 is 46.6. The predicted molar refractivity (Wildman–Crippen MR) is 113 cm³/mol. The van der Waals surface area contributed by atoms with Crippen LogP contribution in [0.5, 0.6) is 5.75 Å². The molecule has 0 bridgehead atoms. The van der Waals surface area contributed by atoms with Gasteiger partial charge in [-0.15, -0.1) is 10.2 Å². The van der Waals surface area contributed by atoms with E-state index in [1.54, 1.807) is 0 Å². The van der Waals surface area contributed by atoms with Crippen LogP contribution in [-0.4, -0.2) is 33.0 Å². The molecule has 0 aliphatic heterocycles. The molecule has 0 saturated carbocycles. The van der Waals surface area contributed by atoms with Crippen molar-refractivity contribution in [2.24, 2.45) is 0 Å². The van der Waals surface area contributed by atoms with Gasteiger partial charge in [0.2, 0.25) is 5.91 Å². The Kier molecular flexibility index (Phi) is 7.21. The molecule has 31 heavy (non-hydrogen) atoms. The van der Waals surface area contributed by atoms with Gasteiger partial charge in [0.25, 0.3) is 0 Å². The Labute approximate surface area is 181 Å². The minimum absolute atomic E-state index is 0.104. The Hall–Kier alpha value is -3.01. The average molecular weight is 450 g/mol. The molecule has 1 N–H and O–H groups in total. The summed E-state index contributed by atoms with van der Waals surface area (Å²) in [4.78, 5) is 12.3. The lowest BCUT2D eigenvalue weighted by molar-refractivity contribution is -0.137. The van der Waals surface area contributed by atoms with Gasteiger partial charge in [-0.3, -0.25) is 4.79 Å². The zero-order chi connectivity index (χ0) is 22.4. The smallest absolute Gasteiger partial charge is 0.418 e. The van der Waals surface area contributed by atoms with Crippen molar-refractivity contribution in [3.8, 4) is 17.1 Å². The summed E-state index contributed by atoms with van der Waals surface area (Å²) in [5.74, 6) is 0.721. The summed E-state index contributed by atoms with van der Waals surface area (Å²) in [6.45, 7) is 4.96. The number of thioether (sulfide) groups is 1. The van der Waals surface area contributed by atoms with Crippen LogP contribution in [0.4, 0.5) is 18.9 Å². The quantitative estimate of drug-likeness (QED) is 0.483. The van der Waals surface area contributed by atoms with Gasteiger partial charge in [-0.2, -0.15) is 13.2 Å². The first-order chi connectivity index (χ1) is 14.8. The van der Waals surface area contributed by atoms with E-state index in [0.717, 1.165) is 29.1 Å². The molecule has 2 aromatic carbocycles. The predicted octanol–water partition coefficient (Wildman–Crippen LogP) is 5.11. The van der Waals surface area contributed by atoms with Crippen molar-refractivity contribution in [1.82, 2.24) is 14.8 Å². The molecule has 1 heterocycles. The Balaban J connectivity index is 1.69. The molecule has 1 amide bonds. The van der Waals surface area contributed by atoms with Gasteiger partial charge in [0, 0.05) is 12.1 Å². The van der Waals surface area contributed by atoms with Crippen LogP contribution in [0.2, 0.25) is 0 Å². The van der Waals surface area contributed by atoms with Gasteiger partial charge in [-0.25, -0.2) is 0 Å². The maximum absolute atomic E-state index is 13.1. The summed E-state index contributed by atoms with van der Waals surface area (Å²) in [5, 5.41) is 11.2. The molecular formula is C21H21F3N4O2S. The third-order valence-corrected chi connectivity index (χ3v) is 5.26. The Morgan fingerprint density at radius 2 is 1.81 bits per heavy atom. The van der Waals surface area contributed by atoms with Crippen LogP contribution in [0.3, 0.4) is 0 Å². The fourth-order valence-corrected chi connectivity index (χ4v) is 3.72. The topological polar surface area (TPSA) is 69.0 Å². The second-order valence-corrected chi connectivity index (χ2v) is 7.33. The number of nitrogens with one attached hydrogen (secondary N) is 1. The maximum atomic E-state index is 13.1. The lowest BCUT2D eigenvalue weighted by Crippen LogP contribution is -2.18. The number of ether oxygens (including phenoxy) is 1. The first kappa shape index (κ1) is 22.7. The molecule has 164 valence electrons. The third-order valence-electron chi connectivity index (χ3n) is 4.30. The summed E-state index contributed by atoms with van der Waals surface area (Å²) in [7, 11) is 0. The van der Waals surface area contributed by atoms with Gasteiger partial charge in [-0.05, 0) is 50.2 Å². The molecule has 0 radical (unpaired) electrons. The van der Waals surface area contributed by atoms with Crippen LogP contribution in [0.25, 0.3) is 11.4 Å². The van der Waals surface area contributed by atoms with Crippen molar-refractivity contribution in [1.29, 1.82) is 0 Å². The van der Waals surface area contributed by atoms with Gasteiger partial charge < -0.3 is 14.6 Å². The molecule has 1 aromatic heterocycles. The molecule has 0 unspecified atom stereocenters. The highest BCUT2D eigenvalue weighted by Gasteiger charge is 2.33. The van der Waals surface area contributed by atoms with Crippen LogP contribution >= 0.6 is 11.8 Å². The van der Waals surface area contributed by atoms with Crippen LogP contribution in [-0.2, 0) is 17.5 Å². The average Bonchev–Trinajstić information content (AvgIpc) is 3.15. The first-order valence-electron chi connectivity index (χ1n) is 9.58. The second kappa shape index (κ2) is 9.86. The highest BCUT2D eigenvalue weighted by molar-refractivity contribution is 7.99. The van der Waals surface area contributed by atoms with Crippen LogP contribution < -0.4 is 10.1 Å². The number of amides is 1. The summed E-state index contributed by atoms with van der Waals surface area (Å²) >= 11 is 1.11. The monoisotopic (exact) mass is 450 g/mol. The van der Waals surface area contributed by atoms with E-state index in [1.807, 2.05) is 42.7 Å². The van der Waals surface area contributed by atoms with Gasteiger partial charge >= 0.3 is 6.18 Å². The number of para-hydroxylation sites is 1. The number of benzene rings is 2. The number of carbonyl (C=O) groups excluding carboxylic acids is 1. The van der Waals surface area contributed by atoms with E-state index in [2.05, 4.69) is 15.5 Å². The Bertz CT molecular complexity index is 1040. The molecule has 0 aliphatic rings. The van der Waals surface area contributed by atoms with Crippen molar-refractivity contribution < 1.29 is 22.7 Å². The van der Waals surface area contributed by atoms with Crippen molar-refractivity contribution in [2.75, 3.05) is 17.7 Å². The van der Waals surface area contributed by atoms with Crippen molar-refractivity contribution in [3.05, 3.63) is 54.1 Å². The number of alkyl halides is 3. The molecule has 0 aliphatic carbocycles. The fourth-order valence-electron chi connectivity index (χ4n) is 2.92. The second-order valence-electron chi connectivity index (χ2n) is 6.39. The molecule has 0 fully saturated rings. The minimum Gasteiger partial charge on any atom is -0.494 e. The molecular weight excluding hydrogens is 429 g/mol. The normalized spacial score (nSPS) is 11.4. The number of rotatable bonds is 8. The van der Waals surface area contributed by atoms with E-state index in [9.17, 15) is 18.0 Å². The van der Waals surface area contributed by atoms with Crippen LogP contribution in [0, 0.1) is 0 Å². The summed E-state index contributed by atoms with van der Waals surface area (Å²) in [5.41, 5.74) is -0.316. The highest BCUT2D eigenvalue weighted by atomic mass is 32.2. The van der Waals surface area contributed by atoms with E-state index in [0.29, 0.717) is 24.1 Å². The van der Waals surface area contributed by atoms with Crippen molar-refractivity contribution >= 4 is 23.4 Å². The SMILES string of the molecule is CCOc1ccc(-c2nnc(SCC(=O)Nc3ccccc3C(F)(F)F)n2CC)cc1. The number of carbonyl (C=O) groups is 1. The van der Waals surface area contributed by atoms with Crippen molar-refractivity contribution in [2.45, 2.75) is 31.7 Å². The molecule has 10 heteroatoms. The van der Waals surface area contributed by atoms with E-state index in [4.69, 9.17) is 4.74 Å². The molecule has 3 aromatic rings. The zero-order valence-corrected chi connectivity index (χ0v) is 17.8. The first-order valence-corrected chi connectivity index (χ1v) is 10.6. The molecule has 3 rings (SSSR count). The van der Waals surface area contributed by atoms with Gasteiger partial charge in [0.05, 0.1) is 23.6 Å². The van der Waals surface area contributed by atoms with Crippen molar-refractivity contribution in [3.63, 3.8) is 0 Å². The maximum Gasteiger partial charge on any atom is 0.418 e. The largest absolute Gasteiger partial charge is 0.494 e. The highest BCUT2D eigenvalue weighted by Crippen LogP contribution is 2.34. The van der Waals surface area contributed by atoms with E-state index < -0.39 is 17.6 Å².